The molecule has 1 aromatic rings. The first-order valence-electron chi connectivity index (χ1n) is 6.85. The third-order valence-electron chi connectivity index (χ3n) is 3.26. The van der Waals surface area contributed by atoms with Crippen LogP contribution >= 0.6 is 11.8 Å². The number of rotatable bonds is 6. The minimum absolute atomic E-state index is 1.02. The third-order valence-corrected chi connectivity index (χ3v) is 4.37. The van der Waals surface area contributed by atoms with Crippen molar-refractivity contribution >= 4 is 17.3 Å². The van der Waals surface area contributed by atoms with Gasteiger partial charge >= 0.3 is 0 Å². The summed E-state index contributed by atoms with van der Waals surface area (Å²) in [4.78, 5) is 3.67. The molecule has 0 saturated carbocycles. The lowest BCUT2D eigenvalue weighted by atomic mass is 10.1. The highest BCUT2D eigenvalue weighted by Gasteiger charge is 2.15. The Bertz CT molecular complexity index is 397. The first-order valence-corrected chi connectivity index (χ1v) is 7.84. The Morgan fingerprint density at radius 1 is 1.44 bits per heavy atom. The molecule has 0 unspecified atom stereocenters. The topological polar surface area (TPSA) is 31.9 Å². The van der Waals surface area contributed by atoms with Gasteiger partial charge in [-0.05, 0) is 31.2 Å². The van der Waals surface area contributed by atoms with Gasteiger partial charge in [-0.25, -0.2) is 0 Å². The number of H-pyrrole nitrogens is 1. The fourth-order valence-electron chi connectivity index (χ4n) is 2.22. The van der Waals surface area contributed by atoms with E-state index in [2.05, 4.69) is 35.1 Å². The number of nitrogens with zero attached hydrogens (tertiary/aromatic N) is 2. The Hall–Kier alpha value is -0.740. The second kappa shape index (κ2) is 7.00. The number of likely N-dealkylation sites (N-methyl/N-ethyl adjacent to an activating group) is 1. The standard InChI is InChI=1S/C14H23N3S/c1-3-4-5-9-18-13-10-15-16-14(13)12-7-6-8-17(2)11-12/h7,10H,3-6,8-9,11H2,1-2H3,(H,15,16). The number of aromatic amines is 1. The third kappa shape index (κ3) is 3.62. The molecule has 0 spiro atoms. The summed E-state index contributed by atoms with van der Waals surface area (Å²) in [7, 11) is 2.17. The van der Waals surface area contributed by atoms with Gasteiger partial charge in [0.2, 0.25) is 0 Å². The van der Waals surface area contributed by atoms with Crippen molar-refractivity contribution in [2.24, 2.45) is 0 Å². The Morgan fingerprint density at radius 2 is 2.33 bits per heavy atom. The molecule has 0 saturated heterocycles. The normalized spacial score (nSPS) is 16.9. The van der Waals surface area contributed by atoms with Crippen LogP contribution in [-0.4, -0.2) is 41.0 Å². The Morgan fingerprint density at radius 3 is 3.11 bits per heavy atom. The maximum absolute atomic E-state index is 4.43. The van der Waals surface area contributed by atoms with Crippen molar-refractivity contribution in [2.75, 3.05) is 25.9 Å². The molecular formula is C14H23N3S. The summed E-state index contributed by atoms with van der Waals surface area (Å²) in [5, 5.41) is 7.45. The predicted octanol–water partition coefficient (Wildman–Crippen LogP) is 3.41. The number of nitrogens with one attached hydrogen (secondary N) is 1. The molecule has 0 amide bonds. The molecule has 0 atom stereocenters. The largest absolute Gasteiger partial charge is 0.302 e. The smallest absolute Gasteiger partial charge is 0.103 e. The Kier molecular flexibility index (Phi) is 5.32. The average Bonchev–Trinajstić information content (AvgIpc) is 2.83. The minimum Gasteiger partial charge on any atom is -0.302 e. The fraction of sp³-hybridized carbons (Fsp3) is 0.643. The van der Waals surface area contributed by atoms with Crippen LogP contribution in [0.2, 0.25) is 0 Å². The fourth-order valence-corrected chi connectivity index (χ4v) is 3.24. The lowest BCUT2D eigenvalue weighted by Gasteiger charge is -2.22. The number of hydrogen-bond acceptors (Lipinski definition) is 3. The molecule has 2 rings (SSSR count). The Labute approximate surface area is 114 Å². The molecule has 1 N–H and O–H groups in total. The predicted molar refractivity (Wildman–Crippen MR) is 78.9 cm³/mol. The average molecular weight is 265 g/mol. The number of thioether (sulfide) groups is 1. The van der Waals surface area contributed by atoms with Gasteiger partial charge in [-0.3, -0.25) is 5.10 Å². The van der Waals surface area contributed by atoms with Crippen LogP contribution in [0, 0.1) is 0 Å². The summed E-state index contributed by atoms with van der Waals surface area (Å²) in [5.74, 6) is 1.20. The second-order valence-electron chi connectivity index (χ2n) is 4.91. The molecule has 0 fully saturated rings. The van der Waals surface area contributed by atoms with Crippen molar-refractivity contribution in [3.05, 3.63) is 18.0 Å². The van der Waals surface area contributed by atoms with E-state index in [4.69, 9.17) is 0 Å². The number of unbranched alkanes of at least 4 members (excludes halogenated alkanes) is 2. The van der Waals surface area contributed by atoms with Crippen molar-refractivity contribution in [3.8, 4) is 0 Å². The highest BCUT2D eigenvalue weighted by atomic mass is 32.2. The molecule has 0 radical (unpaired) electrons. The molecular weight excluding hydrogens is 242 g/mol. The van der Waals surface area contributed by atoms with Gasteiger partial charge in [0.15, 0.2) is 0 Å². The second-order valence-corrected chi connectivity index (χ2v) is 6.05. The molecule has 1 aromatic heterocycles. The molecule has 1 aliphatic heterocycles. The summed E-state index contributed by atoms with van der Waals surface area (Å²) in [6.45, 7) is 4.43. The monoisotopic (exact) mass is 265 g/mol. The molecule has 0 aromatic carbocycles. The summed E-state index contributed by atoms with van der Waals surface area (Å²) >= 11 is 1.94. The van der Waals surface area contributed by atoms with Gasteiger partial charge in [-0.15, -0.1) is 11.8 Å². The molecule has 0 bridgehead atoms. The van der Waals surface area contributed by atoms with Crippen LogP contribution in [0.3, 0.4) is 0 Å². The summed E-state index contributed by atoms with van der Waals surface area (Å²) < 4.78 is 0. The maximum atomic E-state index is 4.43. The number of hydrogen-bond donors (Lipinski definition) is 1. The zero-order valence-corrected chi connectivity index (χ0v) is 12.2. The van der Waals surface area contributed by atoms with Crippen LogP contribution in [0.4, 0.5) is 0 Å². The van der Waals surface area contributed by atoms with Gasteiger partial charge in [0.05, 0.1) is 4.90 Å². The molecule has 100 valence electrons. The van der Waals surface area contributed by atoms with E-state index in [1.54, 1.807) is 0 Å². The van der Waals surface area contributed by atoms with E-state index in [-0.39, 0.29) is 0 Å². The number of aromatic nitrogens is 2. The van der Waals surface area contributed by atoms with Crippen molar-refractivity contribution < 1.29 is 0 Å². The van der Waals surface area contributed by atoms with Gasteiger partial charge in [-0.1, -0.05) is 25.8 Å². The van der Waals surface area contributed by atoms with Gasteiger partial charge in [0.25, 0.3) is 0 Å². The van der Waals surface area contributed by atoms with Crippen LogP contribution < -0.4 is 0 Å². The zero-order chi connectivity index (χ0) is 12.8. The van der Waals surface area contributed by atoms with Gasteiger partial charge in [0.1, 0.15) is 5.69 Å². The van der Waals surface area contributed by atoms with Crippen molar-refractivity contribution in [3.63, 3.8) is 0 Å². The minimum atomic E-state index is 1.02. The Balaban J connectivity index is 1.96. The van der Waals surface area contributed by atoms with Crippen LogP contribution in [0.25, 0.3) is 5.57 Å². The highest BCUT2D eigenvalue weighted by molar-refractivity contribution is 7.99. The summed E-state index contributed by atoms with van der Waals surface area (Å²) in [6.07, 6.45) is 9.43. The van der Waals surface area contributed by atoms with Crippen molar-refractivity contribution in [1.82, 2.24) is 15.1 Å². The van der Waals surface area contributed by atoms with Crippen LogP contribution in [0.5, 0.6) is 0 Å². The molecule has 18 heavy (non-hydrogen) atoms. The van der Waals surface area contributed by atoms with Crippen LogP contribution in [0.1, 0.15) is 38.3 Å². The quantitative estimate of drug-likeness (QED) is 0.632. The zero-order valence-electron chi connectivity index (χ0n) is 11.4. The van der Waals surface area contributed by atoms with Gasteiger partial charge in [-0.2, -0.15) is 5.10 Å². The van der Waals surface area contributed by atoms with E-state index in [9.17, 15) is 0 Å². The lowest BCUT2D eigenvalue weighted by molar-refractivity contribution is 0.372. The van der Waals surface area contributed by atoms with Gasteiger partial charge in [0, 0.05) is 19.3 Å². The first kappa shape index (κ1) is 13.7. The molecule has 2 heterocycles. The molecule has 0 aliphatic carbocycles. The summed E-state index contributed by atoms with van der Waals surface area (Å²) in [5.41, 5.74) is 2.55. The van der Waals surface area contributed by atoms with Crippen molar-refractivity contribution in [1.29, 1.82) is 0 Å². The van der Waals surface area contributed by atoms with E-state index < -0.39 is 0 Å². The van der Waals surface area contributed by atoms with E-state index in [1.807, 2.05) is 18.0 Å². The first-order chi connectivity index (χ1) is 8.81. The summed E-state index contributed by atoms with van der Waals surface area (Å²) in [6, 6.07) is 0. The lowest BCUT2D eigenvalue weighted by Crippen LogP contribution is -2.25. The molecule has 3 nitrogen and oxygen atoms in total. The van der Waals surface area contributed by atoms with Gasteiger partial charge < -0.3 is 4.90 Å². The van der Waals surface area contributed by atoms with E-state index in [0.29, 0.717) is 0 Å². The highest BCUT2D eigenvalue weighted by Crippen LogP contribution is 2.29. The van der Waals surface area contributed by atoms with Crippen LogP contribution in [-0.2, 0) is 0 Å². The van der Waals surface area contributed by atoms with E-state index in [0.717, 1.165) is 19.5 Å². The van der Waals surface area contributed by atoms with E-state index >= 15 is 0 Å². The van der Waals surface area contributed by atoms with Crippen molar-refractivity contribution in [2.45, 2.75) is 37.5 Å². The maximum Gasteiger partial charge on any atom is 0.103 e. The SMILES string of the molecule is CCCCCSc1c[nH]nc1C1=CCCN(C)C1. The van der Waals surface area contributed by atoms with Crippen LogP contribution in [0.15, 0.2) is 17.2 Å². The van der Waals surface area contributed by atoms with E-state index in [1.165, 1.54) is 41.2 Å². The molecule has 4 heteroatoms. The molecule has 1 aliphatic rings.